The molecule has 0 N–H and O–H groups in total. The molecule has 0 aliphatic heterocycles. The summed E-state index contributed by atoms with van der Waals surface area (Å²) in [7, 11) is 1.81. The number of halogens is 3. The number of hydrogen-bond donors (Lipinski definition) is 0. The highest BCUT2D eigenvalue weighted by Gasteiger charge is 2.26. The normalized spacial score (nSPS) is 11.4. The van der Waals surface area contributed by atoms with Gasteiger partial charge in [0.05, 0.1) is 6.61 Å². The molecule has 1 heterocycles. The fourth-order valence-corrected chi connectivity index (χ4v) is 0.891. The van der Waals surface area contributed by atoms with E-state index in [0.717, 1.165) is 5.46 Å². The fraction of sp³-hybridized carbons (Fsp3) is 0.500. The predicted molar refractivity (Wildman–Crippen MR) is 51.0 cm³/mol. The summed E-state index contributed by atoms with van der Waals surface area (Å²) < 4.78 is 40.2. The summed E-state index contributed by atoms with van der Waals surface area (Å²) in [6, 6.07) is 0.114. The Bertz CT molecular complexity index is 302. The zero-order valence-corrected chi connectivity index (χ0v) is 8.21. The summed E-state index contributed by atoms with van der Waals surface area (Å²) in [5.41, 5.74) is 0.873. The molecule has 0 unspecified atom stereocenters. The number of hydrogen-bond acceptors (Lipinski definition) is 3. The van der Waals surface area contributed by atoms with Crippen LogP contribution in [0.2, 0.25) is 0 Å². The van der Waals surface area contributed by atoms with Gasteiger partial charge in [0.2, 0.25) is 0 Å². The van der Waals surface area contributed by atoms with Crippen molar-refractivity contribution in [1.29, 1.82) is 0 Å². The first kappa shape index (κ1) is 11.8. The number of aromatic nitrogens is 2. The molecule has 0 saturated heterocycles. The first-order valence-corrected chi connectivity index (χ1v) is 4.45. The maximum Gasteiger partial charge on any atom is 0.389 e. The molecule has 1 rings (SSSR count). The average Bonchev–Trinajstić information content (AvgIpc) is 2.14. The highest BCUT2D eigenvalue weighted by Crippen LogP contribution is 2.21. The van der Waals surface area contributed by atoms with Crippen LogP contribution >= 0.6 is 0 Å². The largest absolute Gasteiger partial charge is 0.463 e. The maximum atomic E-state index is 11.7. The first-order valence-electron chi connectivity index (χ1n) is 4.45. The molecule has 0 aliphatic carbocycles. The van der Waals surface area contributed by atoms with Crippen LogP contribution in [-0.2, 0) is 0 Å². The molecule has 1 aromatic heterocycles. The second-order valence-corrected chi connectivity index (χ2v) is 3.11. The van der Waals surface area contributed by atoms with Crippen molar-refractivity contribution in [3.05, 3.63) is 12.4 Å². The monoisotopic (exact) mass is 218 g/mol. The van der Waals surface area contributed by atoms with Gasteiger partial charge in [0, 0.05) is 18.8 Å². The zero-order valence-electron chi connectivity index (χ0n) is 8.21. The lowest BCUT2D eigenvalue weighted by Crippen LogP contribution is -2.11. The summed E-state index contributed by atoms with van der Waals surface area (Å²) in [5.74, 6) is 0. The summed E-state index contributed by atoms with van der Waals surface area (Å²) >= 11 is 0. The SMILES string of the molecule is Bc1cnc(OCCCC(F)(F)F)nc1. The Balaban J connectivity index is 2.23. The first-order chi connectivity index (χ1) is 6.97. The van der Waals surface area contributed by atoms with Gasteiger partial charge in [-0.15, -0.1) is 0 Å². The highest BCUT2D eigenvalue weighted by molar-refractivity contribution is 6.31. The van der Waals surface area contributed by atoms with Gasteiger partial charge in [-0.1, -0.05) is 5.46 Å². The van der Waals surface area contributed by atoms with E-state index in [2.05, 4.69) is 9.97 Å². The topological polar surface area (TPSA) is 35.0 Å². The summed E-state index contributed by atoms with van der Waals surface area (Å²) in [5, 5.41) is 0. The lowest BCUT2D eigenvalue weighted by Gasteiger charge is -2.06. The minimum atomic E-state index is -4.13. The minimum absolute atomic E-state index is 0.0252. The molecule has 0 atom stereocenters. The standard InChI is InChI=1S/C8H10BF3N2O/c9-6-4-13-7(14-5-6)15-3-1-2-8(10,11)12/h4-5H,1-3,9H2. The molecule has 15 heavy (non-hydrogen) atoms. The van der Waals surface area contributed by atoms with Gasteiger partial charge in [0.25, 0.3) is 0 Å². The molecule has 0 bridgehead atoms. The van der Waals surface area contributed by atoms with E-state index in [4.69, 9.17) is 4.74 Å². The Kier molecular flexibility index (Phi) is 3.93. The van der Waals surface area contributed by atoms with Gasteiger partial charge in [-0.25, -0.2) is 9.97 Å². The van der Waals surface area contributed by atoms with E-state index in [-0.39, 0.29) is 19.0 Å². The smallest absolute Gasteiger partial charge is 0.389 e. The van der Waals surface area contributed by atoms with E-state index in [1.807, 2.05) is 7.85 Å². The van der Waals surface area contributed by atoms with Gasteiger partial charge < -0.3 is 4.74 Å². The Morgan fingerprint density at radius 2 is 1.87 bits per heavy atom. The zero-order chi connectivity index (χ0) is 11.3. The number of rotatable bonds is 4. The second-order valence-electron chi connectivity index (χ2n) is 3.11. The fourth-order valence-electron chi connectivity index (χ4n) is 0.891. The molecule has 0 spiro atoms. The molecule has 0 aliphatic rings. The van der Waals surface area contributed by atoms with Gasteiger partial charge >= 0.3 is 12.2 Å². The Morgan fingerprint density at radius 1 is 1.27 bits per heavy atom. The molecule has 0 fully saturated rings. The van der Waals surface area contributed by atoms with E-state index >= 15 is 0 Å². The van der Waals surface area contributed by atoms with Crippen molar-refractivity contribution in [2.75, 3.05) is 6.61 Å². The van der Waals surface area contributed by atoms with Crippen LogP contribution in [0.4, 0.5) is 13.2 Å². The van der Waals surface area contributed by atoms with Crippen molar-refractivity contribution in [2.45, 2.75) is 19.0 Å². The van der Waals surface area contributed by atoms with Crippen molar-refractivity contribution < 1.29 is 17.9 Å². The van der Waals surface area contributed by atoms with Crippen molar-refractivity contribution in [3.8, 4) is 6.01 Å². The van der Waals surface area contributed by atoms with E-state index < -0.39 is 12.6 Å². The van der Waals surface area contributed by atoms with Crippen LogP contribution in [0.1, 0.15) is 12.8 Å². The Labute approximate surface area is 86.1 Å². The molecule has 3 nitrogen and oxygen atoms in total. The summed E-state index contributed by atoms with van der Waals surface area (Å²) in [6.45, 7) is -0.0252. The highest BCUT2D eigenvalue weighted by atomic mass is 19.4. The van der Waals surface area contributed by atoms with Crippen LogP contribution in [0, 0.1) is 0 Å². The third-order valence-corrected chi connectivity index (χ3v) is 1.59. The van der Waals surface area contributed by atoms with Crippen LogP contribution in [0.3, 0.4) is 0 Å². The predicted octanol–water partition coefficient (Wildman–Crippen LogP) is 0.456. The minimum Gasteiger partial charge on any atom is -0.463 e. The van der Waals surface area contributed by atoms with Crippen LogP contribution in [-0.4, -0.2) is 30.6 Å². The molecule has 1 aromatic rings. The average molecular weight is 218 g/mol. The molecule has 0 saturated carbocycles. The molecular weight excluding hydrogens is 208 g/mol. The van der Waals surface area contributed by atoms with Crippen LogP contribution in [0.15, 0.2) is 12.4 Å². The lowest BCUT2D eigenvalue weighted by atomic mass is 10.0. The quantitative estimate of drug-likeness (QED) is 0.543. The molecule has 0 aromatic carbocycles. The van der Waals surface area contributed by atoms with E-state index in [1.165, 1.54) is 0 Å². The van der Waals surface area contributed by atoms with Gasteiger partial charge in [-0.2, -0.15) is 13.2 Å². The van der Waals surface area contributed by atoms with Crippen molar-refractivity contribution >= 4 is 13.3 Å². The van der Waals surface area contributed by atoms with Gasteiger partial charge in [-0.05, 0) is 6.42 Å². The Hall–Kier alpha value is -1.27. The molecule has 0 radical (unpaired) electrons. The molecule has 0 amide bonds. The van der Waals surface area contributed by atoms with Crippen molar-refractivity contribution in [1.82, 2.24) is 9.97 Å². The second kappa shape index (κ2) is 5.00. The summed E-state index contributed by atoms with van der Waals surface area (Å²) in [6.07, 6.45) is -1.96. The maximum absolute atomic E-state index is 11.7. The van der Waals surface area contributed by atoms with Gasteiger partial charge in [0.15, 0.2) is 0 Å². The van der Waals surface area contributed by atoms with Crippen molar-refractivity contribution in [2.24, 2.45) is 0 Å². The number of nitrogens with zero attached hydrogens (tertiary/aromatic N) is 2. The lowest BCUT2D eigenvalue weighted by molar-refractivity contribution is -0.136. The third kappa shape index (κ3) is 5.24. The molecule has 7 heteroatoms. The van der Waals surface area contributed by atoms with Gasteiger partial charge in [-0.3, -0.25) is 0 Å². The van der Waals surface area contributed by atoms with Crippen LogP contribution in [0.25, 0.3) is 0 Å². The number of alkyl halides is 3. The van der Waals surface area contributed by atoms with Gasteiger partial charge in [0.1, 0.15) is 7.85 Å². The van der Waals surface area contributed by atoms with E-state index in [9.17, 15) is 13.2 Å². The molecular formula is C8H10BF3N2O. The van der Waals surface area contributed by atoms with Crippen molar-refractivity contribution in [3.63, 3.8) is 0 Å². The molecule has 82 valence electrons. The van der Waals surface area contributed by atoms with E-state index in [1.54, 1.807) is 12.4 Å². The Morgan fingerprint density at radius 3 is 2.40 bits per heavy atom. The van der Waals surface area contributed by atoms with Crippen LogP contribution < -0.4 is 10.2 Å². The van der Waals surface area contributed by atoms with E-state index in [0.29, 0.717) is 0 Å². The van der Waals surface area contributed by atoms with Crippen LogP contribution in [0.5, 0.6) is 6.01 Å². The third-order valence-electron chi connectivity index (χ3n) is 1.59. The number of ether oxygens (including phenoxy) is 1. The summed E-state index contributed by atoms with van der Waals surface area (Å²) in [4.78, 5) is 7.60.